The van der Waals surface area contributed by atoms with Crippen LogP contribution in [0.4, 0.5) is 5.69 Å². The Morgan fingerprint density at radius 3 is 2.77 bits per heavy atom. The van der Waals surface area contributed by atoms with Gasteiger partial charge in [0.15, 0.2) is 6.10 Å². The summed E-state index contributed by atoms with van der Waals surface area (Å²) in [5.74, 6) is -0.955. The molecule has 0 heterocycles. The maximum absolute atomic E-state index is 12.1. The zero-order valence-corrected chi connectivity index (χ0v) is 13.7. The van der Waals surface area contributed by atoms with Crippen molar-refractivity contribution in [2.45, 2.75) is 32.3 Å². The van der Waals surface area contributed by atoms with Crippen LogP contribution in [0.5, 0.6) is 0 Å². The highest BCUT2D eigenvalue weighted by molar-refractivity contribution is 6.35. The first-order valence-electron chi connectivity index (χ1n) is 7.09. The molecule has 22 heavy (non-hydrogen) atoms. The van der Waals surface area contributed by atoms with Crippen LogP contribution in [0, 0.1) is 5.92 Å². The quantitative estimate of drug-likeness (QED) is 0.658. The summed E-state index contributed by atoms with van der Waals surface area (Å²) >= 11 is 11.8. The summed E-state index contributed by atoms with van der Waals surface area (Å²) in [5.41, 5.74) is 0.391. The van der Waals surface area contributed by atoms with E-state index in [1.54, 1.807) is 18.2 Å². The number of anilines is 1. The van der Waals surface area contributed by atoms with Crippen molar-refractivity contribution in [3.63, 3.8) is 0 Å². The van der Waals surface area contributed by atoms with Gasteiger partial charge in [0, 0.05) is 5.02 Å². The maximum Gasteiger partial charge on any atom is 0.310 e. The third-order valence-electron chi connectivity index (χ3n) is 3.45. The molecule has 6 heteroatoms. The van der Waals surface area contributed by atoms with Crippen LogP contribution in [0.2, 0.25) is 10.0 Å². The van der Waals surface area contributed by atoms with Crippen LogP contribution >= 0.6 is 23.2 Å². The zero-order chi connectivity index (χ0) is 16.1. The Balaban J connectivity index is 1.93. The smallest absolute Gasteiger partial charge is 0.310 e. The van der Waals surface area contributed by atoms with Gasteiger partial charge in [0.1, 0.15) is 0 Å². The van der Waals surface area contributed by atoms with Gasteiger partial charge in [-0.15, -0.1) is 0 Å². The number of allylic oxidation sites excluding steroid dienone is 2. The first-order chi connectivity index (χ1) is 10.5. The Kier molecular flexibility index (Phi) is 5.86. The number of rotatable bonds is 4. The number of esters is 1. The number of halogens is 2. The number of ether oxygens (including phenoxy) is 1. The minimum atomic E-state index is -0.895. The summed E-state index contributed by atoms with van der Waals surface area (Å²) in [6, 6.07) is 4.76. The second-order valence-electron chi connectivity index (χ2n) is 5.17. The number of hydrogen-bond acceptors (Lipinski definition) is 3. The van der Waals surface area contributed by atoms with E-state index >= 15 is 0 Å². The Labute approximate surface area is 139 Å². The van der Waals surface area contributed by atoms with E-state index in [0.717, 1.165) is 12.8 Å². The number of carbonyl (C=O) groups excluding carboxylic acids is 2. The lowest BCUT2D eigenvalue weighted by Crippen LogP contribution is -2.32. The number of carbonyl (C=O) groups is 2. The predicted octanol–water partition coefficient (Wildman–Crippen LogP) is 4.22. The molecular weight excluding hydrogens is 325 g/mol. The van der Waals surface area contributed by atoms with Crippen molar-refractivity contribution in [1.82, 2.24) is 0 Å². The van der Waals surface area contributed by atoms with Crippen molar-refractivity contribution in [3.8, 4) is 0 Å². The molecule has 1 aliphatic rings. The van der Waals surface area contributed by atoms with Gasteiger partial charge in [-0.25, -0.2) is 0 Å². The molecular formula is C16H17Cl2NO3. The lowest BCUT2D eigenvalue weighted by atomic mass is 9.95. The molecule has 0 saturated heterocycles. The second kappa shape index (κ2) is 7.65. The summed E-state index contributed by atoms with van der Waals surface area (Å²) < 4.78 is 5.23. The predicted molar refractivity (Wildman–Crippen MR) is 87.1 cm³/mol. The highest BCUT2D eigenvalue weighted by Crippen LogP contribution is 2.26. The number of nitrogens with one attached hydrogen (secondary N) is 1. The highest BCUT2D eigenvalue weighted by Gasteiger charge is 2.25. The van der Waals surface area contributed by atoms with Gasteiger partial charge >= 0.3 is 5.97 Å². The number of benzene rings is 1. The summed E-state index contributed by atoms with van der Waals surface area (Å²) in [7, 11) is 0. The van der Waals surface area contributed by atoms with Crippen LogP contribution in [0.1, 0.15) is 26.2 Å². The molecule has 0 bridgehead atoms. The van der Waals surface area contributed by atoms with Gasteiger partial charge in [0.2, 0.25) is 0 Å². The molecule has 1 amide bonds. The van der Waals surface area contributed by atoms with Crippen molar-refractivity contribution < 1.29 is 14.3 Å². The van der Waals surface area contributed by atoms with Gasteiger partial charge < -0.3 is 10.1 Å². The molecule has 0 aromatic heterocycles. The minimum absolute atomic E-state index is 0.171. The zero-order valence-electron chi connectivity index (χ0n) is 12.1. The van der Waals surface area contributed by atoms with E-state index in [9.17, 15) is 9.59 Å². The van der Waals surface area contributed by atoms with Gasteiger partial charge in [-0.05, 0) is 44.4 Å². The largest absolute Gasteiger partial charge is 0.452 e. The average molecular weight is 342 g/mol. The third-order valence-corrected chi connectivity index (χ3v) is 4.02. The normalized spacial score (nSPS) is 18.6. The van der Waals surface area contributed by atoms with E-state index in [-0.39, 0.29) is 11.9 Å². The van der Waals surface area contributed by atoms with Crippen molar-refractivity contribution in [3.05, 3.63) is 40.4 Å². The van der Waals surface area contributed by atoms with Crippen LogP contribution in [0.25, 0.3) is 0 Å². The molecule has 1 N–H and O–H groups in total. The van der Waals surface area contributed by atoms with Crippen molar-refractivity contribution in [1.29, 1.82) is 0 Å². The Hall–Kier alpha value is -1.52. The SMILES string of the molecule is C[C@@H](OC(=O)[C@@H]1CC=CCC1)C(=O)Nc1cc(Cl)ccc1Cl. The van der Waals surface area contributed by atoms with Crippen molar-refractivity contribution in [2.24, 2.45) is 5.92 Å². The summed E-state index contributed by atoms with van der Waals surface area (Å²) in [6.07, 6.45) is 5.39. The lowest BCUT2D eigenvalue weighted by molar-refractivity contribution is -0.157. The van der Waals surface area contributed by atoms with Gasteiger partial charge in [-0.2, -0.15) is 0 Å². The third kappa shape index (κ3) is 4.49. The molecule has 2 atom stereocenters. The second-order valence-corrected chi connectivity index (χ2v) is 6.02. The van der Waals surface area contributed by atoms with Gasteiger partial charge in [0.05, 0.1) is 16.6 Å². The van der Waals surface area contributed by atoms with Gasteiger partial charge in [-0.1, -0.05) is 35.4 Å². The van der Waals surface area contributed by atoms with E-state index in [1.165, 1.54) is 6.92 Å². The van der Waals surface area contributed by atoms with Crippen molar-refractivity contribution in [2.75, 3.05) is 5.32 Å². The number of hydrogen-bond donors (Lipinski definition) is 1. The van der Waals surface area contributed by atoms with E-state index in [0.29, 0.717) is 22.2 Å². The summed E-state index contributed by atoms with van der Waals surface area (Å²) in [4.78, 5) is 24.1. The molecule has 1 aliphatic carbocycles. The van der Waals surface area contributed by atoms with Crippen molar-refractivity contribution >= 4 is 40.8 Å². The first kappa shape index (κ1) is 16.8. The molecule has 0 aliphatic heterocycles. The molecule has 4 nitrogen and oxygen atoms in total. The Morgan fingerprint density at radius 1 is 1.32 bits per heavy atom. The topological polar surface area (TPSA) is 55.4 Å². The van der Waals surface area contributed by atoms with Gasteiger partial charge in [0.25, 0.3) is 5.91 Å². The monoisotopic (exact) mass is 341 g/mol. The van der Waals surface area contributed by atoms with Crippen LogP contribution in [-0.4, -0.2) is 18.0 Å². The Bertz CT molecular complexity index is 601. The Morgan fingerprint density at radius 2 is 2.09 bits per heavy atom. The molecule has 0 unspecified atom stereocenters. The van der Waals surface area contributed by atoms with Crippen LogP contribution in [-0.2, 0) is 14.3 Å². The van der Waals surface area contributed by atoms with Crippen LogP contribution in [0.15, 0.2) is 30.4 Å². The molecule has 0 saturated carbocycles. The molecule has 2 rings (SSSR count). The van der Waals surface area contributed by atoms with E-state index in [2.05, 4.69) is 5.32 Å². The molecule has 0 spiro atoms. The first-order valence-corrected chi connectivity index (χ1v) is 7.84. The fraction of sp³-hybridized carbons (Fsp3) is 0.375. The summed E-state index contributed by atoms with van der Waals surface area (Å²) in [6.45, 7) is 1.53. The molecule has 1 aromatic rings. The van der Waals surface area contributed by atoms with E-state index < -0.39 is 12.0 Å². The molecule has 1 aromatic carbocycles. The fourth-order valence-corrected chi connectivity index (χ4v) is 2.50. The minimum Gasteiger partial charge on any atom is -0.452 e. The average Bonchev–Trinajstić information content (AvgIpc) is 2.51. The van der Waals surface area contributed by atoms with Crippen LogP contribution in [0.3, 0.4) is 0 Å². The summed E-state index contributed by atoms with van der Waals surface area (Å²) in [5, 5.41) is 3.44. The maximum atomic E-state index is 12.1. The molecule has 0 fully saturated rings. The van der Waals surface area contributed by atoms with Gasteiger partial charge in [-0.3, -0.25) is 9.59 Å². The molecule has 118 valence electrons. The highest BCUT2D eigenvalue weighted by atomic mass is 35.5. The van der Waals surface area contributed by atoms with Crippen LogP contribution < -0.4 is 5.32 Å². The molecule has 0 radical (unpaired) electrons. The van der Waals surface area contributed by atoms with E-state index in [1.807, 2.05) is 12.2 Å². The number of amides is 1. The fourth-order valence-electron chi connectivity index (χ4n) is 2.16. The lowest BCUT2D eigenvalue weighted by Gasteiger charge is -2.20. The van der Waals surface area contributed by atoms with E-state index in [4.69, 9.17) is 27.9 Å². The standard InChI is InChI=1S/C16H17Cl2NO3/c1-10(22-16(21)11-5-3-2-4-6-11)15(20)19-14-9-12(17)7-8-13(14)18/h2-3,7-11H,4-6H2,1H3,(H,19,20)/t10-,11-/m1/s1.